The maximum Gasteiger partial charge on any atom is 0.231 e. The topological polar surface area (TPSA) is 59.5 Å². The molecule has 29 heavy (non-hydrogen) atoms. The Labute approximate surface area is 166 Å². The molecular formula is C21H18F2N4O2. The minimum absolute atomic E-state index is 0.226. The second kappa shape index (κ2) is 7.29. The molecular weight excluding hydrogens is 378 g/mol. The highest BCUT2D eigenvalue weighted by Crippen LogP contribution is 2.35. The third-order valence-electron chi connectivity index (χ3n) is 5.07. The minimum Gasteiger partial charge on any atom is -0.454 e. The molecule has 5 rings (SSSR count). The first kappa shape index (κ1) is 17.8. The van der Waals surface area contributed by atoms with Gasteiger partial charge in [0.2, 0.25) is 12.7 Å². The number of aromatic nitrogens is 2. The van der Waals surface area contributed by atoms with Crippen LogP contribution in [0.25, 0.3) is 0 Å². The lowest BCUT2D eigenvalue weighted by atomic mass is 10.1. The van der Waals surface area contributed by atoms with Crippen molar-refractivity contribution >= 4 is 11.6 Å². The van der Waals surface area contributed by atoms with Gasteiger partial charge < -0.3 is 14.8 Å². The average Bonchev–Trinajstić information content (AvgIpc) is 3.19. The molecule has 0 amide bonds. The number of halogens is 2. The third-order valence-corrected chi connectivity index (χ3v) is 5.07. The Morgan fingerprint density at radius 3 is 2.93 bits per heavy atom. The van der Waals surface area contributed by atoms with Crippen molar-refractivity contribution in [3.8, 4) is 11.5 Å². The summed E-state index contributed by atoms with van der Waals surface area (Å²) in [6.07, 6.45) is 2.50. The molecule has 1 aromatic heterocycles. The first-order valence-electron chi connectivity index (χ1n) is 9.32. The number of hydrogen-bond donors (Lipinski definition) is 1. The van der Waals surface area contributed by atoms with E-state index in [-0.39, 0.29) is 6.79 Å². The molecule has 2 aliphatic heterocycles. The van der Waals surface area contributed by atoms with Crippen LogP contribution < -0.4 is 14.8 Å². The number of fused-ring (bicyclic) bond motifs is 2. The smallest absolute Gasteiger partial charge is 0.231 e. The van der Waals surface area contributed by atoms with Crippen LogP contribution in [0.1, 0.15) is 16.8 Å². The molecule has 1 N–H and O–H groups in total. The summed E-state index contributed by atoms with van der Waals surface area (Å²) in [5.41, 5.74) is 3.12. The summed E-state index contributed by atoms with van der Waals surface area (Å²) in [5, 5.41) is 3.19. The van der Waals surface area contributed by atoms with Gasteiger partial charge in [0.25, 0.3) is 0 Å². The average molecular weight is 396 g/mol. The molecule has 0 saturated carbocycles. The van der Waals surface area contributed by atoms with E-state index in [1.54, 1.807) is 12.3 Å². The van der Waals surface area contributed by atoms with E-state index >= 15 is 0 Å². The molecule has 2 aromatic carbocycles. The van der Waals surface area contributed by atoms with Crippen molar-refractivity contribution in [1.29, 1.82) is 0 Å². The normalized spacial score (nSPS) is 15.2. The number of benzene rings is 2. The predicted octanol–water partition coefficient (Wildman–Crippen LogP) is 3.79. The lowest BCUT2D eigenvalue weighted by molar-refractivity contribution is 0.174. The molecule has 8 heteroatoms. The quantitative estimate of drug-likeness (QED) is 0.724. The summed E-state index contributed by atoms with van der Waals surface area (Å²) in [7, 11) is 0. The summed E-state index contributed by atoms with van der Waals surface area (Å²) in [5.74, 6) is 0.317. The van der Waals surface area contributed by atoms with E-state index in [4.69, 9.17) is 9.47 Å². The Morgan fingerprint density at radius 1 is 1.10 bits per heavy atom. The lowest BCUT2D eigenvalue weighted by Crippen LogP contribution is -2.31. The molecule has 3 heterocycles. The molecule has 2 aliphatic rings. The Balaban J connectivity index is 1.29. The standard InChI is InChI=1S/C21H18F2N4O2/c22-16-3-1-2-13(20(16)23)10-27-7-6-17-14(11-27)9-24-21(26-17)25-15-4-5-18-19(8-15)29-12-28-18/h1-5,8-9H,6-7,10-12H2,(H,24,25,26). The Hall–Kier alpha value is -3.26. The second-order valence-electron chi connectivity index (χ2n) is 7.03. The number of nitrogens with zero attached hydrogens (tertiary/aromatic N) is 3. The van der Waals surface area contributed by atoms with E-state index in [9.17, 15) is 8.78 Å². The van der Waals surface area contributed by atoms with Gasteiger partial charge in [-0.15, -0.1) is 0 Å². The molecule has 0 atom stereocenters. The van der Waals surface area contributed by atoms with Gasteiger partial charge in [-0.05, 0) is 18.2 Å². The fraction of sp³-hybridized carbons (Fsp3) is 0.238. The first-order chi connectivity index (χ1) is 14.2. The summed E-state index contributed by atoms with van der Waals surface area (Å²) >= 11 is 0. The van der Waals surface area contributed by atoms with Crippen LogP contribution in [0.5, 0.6) is 11.5 Å². The van der Waals surface area contributed by atoms with Crippen molar-refractivity contribution in [2.75, 3.05) is 18.7 Å². The maximum absolute atomic E-state index is 13.9. The number of nitrogens with one attached hydrogen (secondary N) is 1. The fourth-order valence-corrected chi connectivity index (χ4v) is 3.58. The molecule has 0 unspecified atom stereocenters. The molecule has 148 valence electrons. The summed E-state index contributed by atoms with van der Waals surface area (Å²) in [6.45, 7) is 1.88. The Kier molecular flexibility index (Phi) is 4.48. The van der Waals surface area contributed by atoms with Crippen LogP contribution in [0.15, 0.2) is 42.6 Å². The highest BCUT2D eigenvalue weighted by atomic mass is 19.2. The van der Waals surface area contributed by atoms with Gasteiger partial charge in [0, 0.05) is 55.1 Å². The Morgan fingerprint density at radius 2 is 2.00 bits per heavy atom. The van der Waals surface area contributed by atoms with Gasteiger partial charge in [0.1, 0.15) is 0 Å². The number of hydrogen-bond acceptors (Lipinski definition) is 6. The molecule has 0 saturated heterocycles. The van der Waals surface area contributed by atoms with Crippen molar-refractivity contribution in [2.24, 2.45) is 0 Å². The van der Waals surface area contributed by atoms with Gasteiger partial charge in [-0.25, -0.2) is 18.7 Å². The lowest BCUT2D eigenvalue weighted by Gasteiger charge is -2.28. The monoisotopic (exact) mass is 396 g/mol. The molecule has 6 nitrogen and oxygen atoms in total. The van der Waals surface area contributed by atoms with Gasteiger partial charge in [-0.3, -0.25) is 4.90 Å². The predicted molar refractivity (Wildman–Crippen MR) is 102 cm³/mol. The van der Waals surface area contributed by atoms with E-state index in [0.717, 1.165) is 28.8 Å². The zero-order chi connectivity index (χ0) is 19.8. The van der Waals surface area contributed by atoms with Crippen LogP contribution in [0.2, 0.25) is 0 Å². The number of ether oxygens (including phenoxy) is 2. The molecule has 0 aliphatic carbocycles. The van der Waals surface area contributed by atoms with Crippen molar-refractivity contribution < 1.29 is 18.3 Å². The van der Waals surface area contributed by atoms with Gasteiger partial charge >= 0.3 is 0 Å². The van der Waals surface area contributed by atoms with E-state index in [2.05, 4.69) is 20.2 Å². The molecule has 3 aromatic rings. The van der Waals surface area contributed by atoms with Crippen molar-refractivity contribution in [2.45, 2.75) is 19.5 Å². The second-order valence-corrected chi connectivity index (χ2v) is 7.03. The van der Waals surface area contributed by atoms with Crippen LogP contribution in [-0.4, -0.2) is 28.2 Å². The largest absolute Gasteiger partial charge is 0.454 e. The van der Waals surface area contributed by atoms with Gasteiger partial charge in [-0.2, -0.15) is 0 Å². The van der Waals surface area contributed by atoms with Crippen LogP contribution >= 0.6 is 0 Å². The number of anilines is 2. The van der Waals surface area contributed by atoms with E-state index in [0.29, 0.717) is 43.3 Å². The zero-order valence-corrected chi connectivity index (χ0v) is 15.5. The fourth-order valence-electron chi connectivity index (χ4n) is 3.58. The zero-order valence-electron chi connectivity index (χ0n) is 15.5. The van der Waals surface area contributed by atoms with Crippen LogP contribution in [0, 0.1) is 11.6 Å². The number of rotatable bonds is 4. The molecule has 0 fully saturated rings. The van der Waals surface area contributed by atoms with Crippen LogP contribution in [0.4, 0.5) is 20.4 Å². The van der Waals surface area contributed by atoms with E-state index in [1.165, 1.54) is 6.07 Å². The Bertz CT molecular complexity index is 1080. The van der Waals surface area contributed by atoms with Crippen molar-refractivity contribution in [1.82, 2.24) is 14.9 Å². The summed E-state index contributed by atoms with van der Waals surface area (Å²) < 4.78 is 38.1. The van der Waals surface area contributed by atoms with E-state index < -0.39 is 11.6 Å². The van der Waals surface area contributed by atoms with Crippen molar-refractivity contribution in [3.05, 3.63) is 71.1 Å². The van der Waals surface area contributed by atoms with Gasteiger partial charge in [-0.1, -0.05) is 12.1 Å². The first-order valence-corrected chi connectivity index (χ1v) is 9.32. The molecule has 0 spiro atoms. The van der Waals surface area contributed by atoms with Gasteiger partial charge in [0.15, 0.2) is 23.1 Å². The van der Waals surface area contributed by atoms with Crippen LogP contribution in [0.3, 0.4) is 0 Å². The maximum atomic E-state index is 13.9. The van der Waals surface area contributed by atoms with Crippen molar-refractivity contribution in [3.63, 3.8) is 0 Å². The summed E-state index contributed by atoms with van der Waals surface area (Å²) in [6, 6.07) is 9.84. The molecule has 0 radical (unpaired) electrons. The molecule has 0 bridgehead atoms. The minimum atomic E-state index is -0.817. The SMILES string of the molecule is Fc1cccc(CN2CCc3nc(Nc4ccc5c(c4)OCO5)ncc3C2)c1F. The van der Waals surface area contributed by atoms with Gasteiger partial charge in [0.05, 0.1) is 5.69 Å². The summed E-state index contributed by atoms with van der Waals surface area (Å²) in [4.78, 5) is 11.1. The van der Waals surface area contributed by atoms with E-state index in [1.807, 2.05) is 18.2 Å². The highest BCUT2D eigenvalue weighted by molar-refractivity contribution is 5.60. The third kappa shape index (κ3) is 3.58. The highest BCUT2D eigenvalue weighted by Gasteiger charge is 2.21. The van der Waals surface area contributed by atoms with Crippen LogP contribution in [-0.2, 0) is 19.5 Å².